The molecule has 0 aliphatic carbocycles. The molecule has 0 unspecified atom stereocenters. The zero-order valence-corrected chi connectivity index (χ0v) is 20.8. The van der Waals surface area contributed by atoms with Gasteiger partial charge in [0.05, 0.1) is 25.9 Å². The van der Waals surface area contributed by atoms with Crippen LogP contribution in [-0.2, 0) is 28.5 Å². The average Bonchev–Trinajstić information content (AvgIpc) is 2.93. The smallest absolute Gasteiger partial charge is 0.364 e. The molecule has 0 radical (unpaired) electrons. The minimum Gasteiger partial charge on any atom is -0.477 e. The summed E-state index contributed by atoms with van der Waals surface area (Å²) in [6.07, 6.45) is -29.1. The second-order valence-electron chi connectivity index (χ2n) is 9.80. The maximum absolute atomic E-state index is 12.1. The van der Waals surface area contributed by atoms with Crippen molar-refractivity contribution >= 4 is 5.97 Å². The van der Waals surface area contributed by atoms with Gasteiger partial charge in [0.2, 0.25) is 0 Å². The number of hydrogen-bond donors (Lipinski definition) is 13. The predicted molar refractivity (Wildman–Crippen MR) is 118 cm³/mol. The van der Waals surface area contributed by atoms with Crippen molar-refractivity contribution in [1.82, 2.24) is 0 Å². The van der Waals surface area contributed by atoms with E-state index in [1.54, 1.807) is 0 Å². The second-order valence-corrected chi connectivity index (χ2v) is 9.80. The lowest BCUT2D eigenvalue weighted by atomic mass is 9.90. The summed E-state index contributed by atoms with van der Waals surface area (Å²) >= 11 is 0. The number of hydrogen-bond acceptors (Lipinski definition) is 18. The van der Waals surface area contributed by atoms with Crippen molar-refractivity contribution in [2.24, 2.45) is 0 Å². The van der Waals surface area contributed by atoms with E-state index in [2.05, 4.69) is 0 Å². The predicted octanol–water partition coefficient (Wildman–Crippen LogP) is -8.37. The zero-order chi connectivity index (χ0) is 30.1. The van der Waals surface area contributed by atoms with Crippen molar-refractivity contribution in [2.75, 3.05) is 19.8 Å². The molecule has 3 fully saturated rings. The summed E-state index contributed by atoms with van der Waals surface area (Å²) in [6.45, 7) is -2.81. The highest BCUT2D eigenvalue weighted by Crippen LogP contribution is 2.35. The summed E-state index contributed by atoms with van der Waals surface area (Å²) in [5, 5.41) is 130. The van der Waals surface area contributed by atoms with E-state index in [-0.39, 0.29) is 0 Å². The normalized spacial score (nSPS) is 48.0. The Kier molecular flexibility index (Phi) is 11.2. The van der Waals surface area contributed by atoms with Crippen molar-refractivity contribution < 1.29 is 94.9 Å². The third kappa shape index (κ3) is 6.55. The molecular weight excluding hydrogens is 556 g/mol. The van der Waals surface area contributed by atoms with Gasteiger partial charge in [0, 0.05) is 6.42 Å². The van der Waals surface area contributed by atoms with Gasteiger partial charge in [0.15, 0.2) is 12.6 Å². The van der Waals surface area contributed by atoms with Gasteiger partial charge in [-0.3, -0.25) is 0 Å². The molecular formula is C21H36O19. The largest absolute Gasteiger partial charge is 0.477 e. The van der Waals surface area contributed by atoms with Gasteiger partial charge in [-0.1, -0.05) is 0 Å². The molecule has 0 aromatic rings. The van der Waals surface area contributed by atoms with E-state index < -0.39 is 130 Å². The maximum Gasteiger partial charge on any atom is 0.364 e. The van der Waals surface area contributed by atoms with Gasteiger partial charge in [0.1, 0.15) is 73.2 Å². The Morgan fingerprint density at radius 1 is 0.850 bits per heavy atom. The molecule has 3 aliphatic heterocycles. The molecule has 40 heavy (non-hydrogen) atoms. The topological polar surface area (TPSA) is 326 Å². The van der Waals surface area contributed by atoms with Crippen LogP contribution in [0.25, 0.3) is 0 Å². The number of carbonyl (C=O) groups is 1. The van der Waals surface area contributed by atoms with Gasteiger partial charge in [-0.05, 0) is 0 Å². The molecule has 0 aromatic heterocycles. The van der Waals surface area contributed by atoms with Gasteiger partial charge >= 0.3 is 5.97 Å². The first-order chi connectivity index (χ1) is 18.7. The van der Waals surface area contributed by atoms with Crippen LogP contribution in [0, 0.1) is 0 Å². The molecule has 0 saturated carbocycles. The fraction of sp³-hybridized carbons (Fsp3) is 0.952. The highest BCUT2D eigenvalue weighted by molar-refractivity contribution is 5.76. The molecule has 234 valence electrons. The zero-order valence-electron chi connectivity index (χ0n) is 20.8. The van der Waals surface area contributed by atoms with Gasteiger partial charge in [-0.25, -0.2) is 4.79 Å². The molecule has 3 saturated heterocycles. The lowest BCUT2D eigenvalue weighted by molar-refractivity contribution is -0.367. The van der Waals surface area contributed by atoms with Gasteiger partial charge in [-0.2, -0.15) is 0 Å². The summed E-state index contributed by atoms with van der Waals surface area (Å²) in [6, 6.07) is 0. The molecule has 3 aliphatic rings. The third-order valence-corrected chi connectivity index (χ3v) is 7.06. The van der Waals surface area contributed by atoms with Crippen molar-refractivity contribution in [3.8, 4) is 0 Å². The Balaban J connectivity index is 1.77. The molecule has 0 amide bonds. The Hall–Kier alpha value is -1.21. The Bertz CT molecular complexity index is 832. The molecule has 16 atom stereocenters. The number of aliphatic carboxylic acids is 1. The molecule has 3 heterocycles. The third-order valence-electron chi connectivity index (χ3n) is 7.06. The van der Waals surface area contributed by atoms with Gasteiger partial charge < -0.3 is 90.1 Å². The fourth-order valence-electron chi connectivity index (χ4n) is 4.62. The van der Waals surface area contributed by atoms with Crippen LogP contribution in [0.4, 0.5) is 0 Å². The molecule has 3 rings (SSSR count). The summed E-state index contributed by atoms with van der Waals surface area (Å²) in [4.78, 5) is 12.1. The monoisotopic (exact) mass is 592 g/mol. The Morgan fingerprint density at radius 2 is 1.50 bits per heavy atom. The molecule has 0 spiro atoms. The number of aliphatic hydroxyl groups is 12. The quantitative estimate of drug-likeness (QED) is 0.112. The standard InChI is InChI=1S/C21H36O19/c22-2-6(25)10(27)17-9(26)5(24)1-21(40-17,20(34)35)36-4-8-11(28)12(29)15(32)19(38-8)39-16-7(3-23)37-18(33)14(31)13(16)30/h5-19,22-33H,1-4H2,(H,34,35)/t5-,6+,7+,8+,9+,10+,11-,12-,13+,14+,15+,16+,17+,18+,19-,21+/m0/s1. The Labute approximate surface area is 225 Å². The van der Waals surface area contributed by atoms with E-state index in [9.17, 15) is 66.1 Å². The highest BCUT2D eigenvalue weighted by atomic mass is 16.8. The Morgan fingerprint density at radius 3 is 2.08 bits per heavy atom. The summed E-state index contributed by atoms with van der Waals surface area (Å²) < 4.78 is 26.3. The molecule has 13 N–H and O–H groups in total. The van der Waals surface area contributed by atoms with Crippen molar-refractivity contribution in [3.63, 3.8) is 0 Å². The molecule has 19 heteroatoms. The van der Waals surface area contributed by atoms with Crippen LogP contribution in [-0.4, -0.2) is 190 Å². The van der Waals surface area contributed by atoms with E-state index in [0.29, 0.717) is 0 Å². The first kappa shape index (κ1) is 33.3. The minimum atomic E-state index is -2.82. The van der Waals surface area contributed by atoms with Crippen LogP contribution in [0.5, 0.6) is 0 Å². The van der Waals surface area contributed by atoms with Gasteiger partial charge in [-0.15, -0.1) is 0 Å². The van der Waals surface area contributed by atoms with Crippen LogP contribution >= 0.6 is 0 Å². The molecule has 0 bridgehead atoms. The highest BCUT2D eigenvalue weighted by Gasteiger charge is 2.56. The maximum atomic E-state index is 12.1. The number of rotatable bonds is 10. The lowest BCUT2D eigenvalue weighted by Crippen LogP contribution is -2.66. The van der Waals surface area contributed by atoms with Crippen molar-refractivity contribution in [3.05, 3.63) is 0 Å². The van der Waals surface area contributed by atoms with Crippen LogP contribution in [0.3, 0.4) is 0 Å². The van der Waals surface area contributed by atoms with E-state index >= 15 is 0 Å². The van der Waals surface area contributed by atoms with Crippen molar-refractivity contribution in [2.45, 2.75) is 104 Å². The summed E-state index contributed by atoms with van der Waals surface area (Å²) in [5.41, 5.74) is 0. The van der Waals surface area contributed by atoms with Crippen LogP contribution in [0.2, 0.25) is 0 Å². The first-order valence-corrected chi connectivity index (χ1v) is 12.2. The van der Waals surface area contributed by atoms with Crippen LogP contribution < -0.4 is 0 Å². The van der Waals surface area contributed by atoms with Crippen LogP contribution in [0.15, 0.2) is 0 Å². The number of carboxylic acids is 1. The fourth-order valence-corrected chi connectivity index (χ4v) is 4.62. The van der Waals surface area contributed by atoms with E-state index in [0.717, 1.165) is 0 Å². The molecule has 0 aromatic carbocycles. The van der Waals surface area contributed by atoms with Gasteiger partial charge in [0.25, 0.3) is 5.79 Å². The van der Waals surface area contributed by atoms with E-state index in [1.165, 1.54) is 0 Å². The summed E-state index contributed by atoms with van der Waals surface area (Å²) in [5.74, 6) is -4.70. The average molecular weight is 593 g/mol. The van der Waals surface area contributed by atoms with E-state index in [1.807, 2.05) is 0 Å². The SMILES string of the molecule is O=C(O)[C@@]1(OC[C@H]2O[C@@H](O[C@H]3[C@H](O)[C@@H](O)[C@H](O)O[C@@H]3CO)[C@H](O)[C@@H](O)[C@H]2O)C[C@H](O)[C@@H](O)[C@H]([C@H](O)[C@H](O)CO)O1. The minimum absolute atomic E-state index is 0.837. The van der Waals surface area contributed by atoms with E-state index in [4.69, 9.17) is 28.8 Å². The number of aliphatic hydroxyl groups excluding tert-OH is 12. The lowest BCUT2D eigenvalue weighted by Gasteiger charge is -2.47. The first-order valence-electron chi connectivity index (χ1n) is 12.2. The number of carboxylic acid groups (broad SMARTS) is 1. The molecule has 19 nitrogen and oxygen atoms in total. The summed E-state index contributed by atoms with van der Waals surface area (Å²) in [7, 11) is 0. The second kappa shape index (κ2) is 13.4. The van der Waals surface area contributed by atoms with Crippen LogP contribution in [0.1, 0.15) is 6.42 Å². The van der Waals surface area contributed by atoms with Crippen molar-refractivity contribution in [1.29, 1.82) is 0 Å². The number of ether oxygens (including phenoxy) is 5.